The second-order valence-electron chi connectivity index (χ2n) is 9.29. The molecule has 0 aromatic rings. The van der Waals surface area contributed by atoms with Crippen molar-refractivity contribution in [3.63, 3.8) is 0 Å². The fourth-order valence-corrected chi connectivity index (χ4v) is 6.20. The molecule has 2 nitrogen and oxygen atoms in total. The third-order valence-electron chi connectivity index (χ3n) is 7.07. The van der Waals surface area contributed by atoms with Crippen LogP contribution in [0.25, 0.3) is 0 Å². The lowest BCUT2D eigenvalue weighted by Gasteiger charge is -2.45. The Labute approximate surface area is 142 Å². The quantitative estimate of drug-likeness (QED) is 0.617. The minimum absolute atomic E-state index is 0.0487. The summed E-state index contributed by atoms with van der Waals surface area (Å²) in [7, 11) is 0. The van der Waals surface area contributed by atoms with Gasteiger partial charge in [0.15, 0.2) is 0 Å². The lowest BCUT2D eigenvalue weighted by Crippen LogP contribution is -2.43. The van der Waals surface area contributed by atoms with E-state index in [4.69, 9.17) is 4.74 Å². The summed E-state index contributed by atoms with van der Waals surface area (Å²) in [6.45, 7) is 8.76. The minimum atomic E-state index is -0.105. The Morgan fingerprint density at radius 2 is 1.83 bits per heavy atom. The fourth-order valence-electron chi connectivity index (χ4n) is 6.20. The average molecular weight is 321 g/mol. The molecule has 0 amide bonds. The molecule has 3 fully saturated rings. The summed E-state index contributed by atoms with van der Waals surface area (Å²) in [4.78, 5) is 12.7. The summed E-state index contributed by atoms with van der Waals surface area (Å²) in [5.74, 6) is 4.05. The van der Waals surface area contributed by atoms with Crippen molar-refractivity contribution in [2.24, 2.45) is 35.5 Å². The smallest absolute Gasteiger partial charge is 0.309 e. The first-order valence-electron chi connectivity index (χ1n) is 10.2. The summed E-state index contributed by atoms with van der Waals surface area (Å²) in [5, 5.41) is 0. The summed E-state index contributed by atoms with van der Waals surface area (Å²) < 4.78 is 6.27. The molecule has 3 aliphatic carbocycles. The molecule has 2 heteroatoms. The van der Waals surface area contributed by atoms with Crippen LogP contribution >= 0.6 is 0 Å². The molecule has 2 bridgehead atoms. The van der Waals surface area contributed by atoms with Crippen LogP contribution in [0.3, 0.4) is 0 Å². The molecule has 0 heterocycles. The standard InChI is InChI=1S/C21H36O2/c1-5-16-11-21(23-20(22)15(4)10-14(2)3)12-17-8-6-7-9-18(17)19(16)13-21/h14-19H,5-13H2,1-4H3. The summed E-state index contributed by atoms with van der Waals surface area (Å²) in [5.41, 5.74) is -0.105. The molecular weight excluding hydrogens is 284 g/mol. The number of carbonyl (C=O) groups excluding carboxylic acids is 1. The molecule has 3 aliphatic rings. The third kappa shape index (κ3) is 3.46. The van der Waals surface area contributed by atoms with Crippen LogP contribution in [0.15, 0.2) is 0 Å². The number of ether oxygens (including phenoxy) is 1. The molecule has 132 valence electrons. The molecule has 0 radical (unpaired) electrons. The minimum Gasteiger partial charge on any atom is -0.459 e. The van der Waals surface area contributed by atoms with Crippen LogP contribution < -0.4 is 0 Å². The first-order valence-corrected chi connectivity index (χ1v) is 10.2. The SMILES string of the molecule is CCC1CC2(OC(=O)C(C)CC(C)C)CC3CCCCC3C1C2. The van der Waals surface area contributed by atoms with E-state index in [0.717, 1.165) is 49.4 Å². The van der Waals surface area contributed by atoms with Crippen LogP contribution in [0.5, 0.6) is 0 Å². The molecule has 0 saturated heterocycles. The van der Waals surface area contributed by atoms with Crippen LogP contribution in [0.4, 0.5) is 0 Å². The van der Waals surface area contributed by atoms with E-state index in [1.54, 1.807) is 0 Å². The number of rotatable bonds is 5. The second kappa shape index (κ2) is 6.76. The van der Waals surface area contributed by atoms with E-state index in [0.29, 0.717) is 5.92 Å². The zero-order valence-electron chi connectivity index (χ0n) is 15.6. The highest BCUT2D eigenvalue weighted by molar-refractivity contribution is 5.72. The average Bonchev–Trinajstić information content (AvgIpc) is 2.80. The Balaban J connectivity index is 1.72. The Hall–Kier alpha value is -0.530. The Morgan fingerprint density at radius 1 is 1.09 bits per heavy atom. The van der Waals surface area contributed by atoms with Gasteiger partial charge in [-0.3, -0.25) is 4.79 Å². The van der Waals surface area contributed by atoms with Crippen molar-refractivity contribution < 1.29 is 9.53 Å². The van der Waals surface area contributed by atoms with Gasteiger partial charge in [-0.2, -0.15) is 0 Å². The molecule has 6 unspecified atom stereocenters. The van der Waals surface area contributed by atoms with Crippen LogP contribution in [0, 0.1) is 35.5 Å². The van der Waals surface area contributed by atoms with E-state index in [1.807, 2.05) is 0 Å². The number of hydrogen-bond acceptors (Lipinski definition) is 2. The highest BCUT2D eigenvalue weighted by Gasteiger charge is 2.56. The van der Waals surface area contributed by atoms with Crippen molar-refractivity contribution >= 4 is 5.97 Å². The monoisotopic (exact) mass is 320 g/mol. The van der Waals surface area contributed by atoms with Crippen LogP contribution in [0.1, 0.15) is 85.5 Å². The van der Waals surface area contributed by atoms with Gasteiger partial charge >= 0.3 is 5.97 Å². The van der Waals surface area contributed by atoms with Gasteiger partial charge in [-0.05, 0) is 61.7 Å². The zero-order valence-corrected chi connectivity index (χ0v) is 15.6. The van der Waals surface area contributed by atoms with Gasteiger partial charge in [-0.1, -0.05) is 53.4 Å². The van der Waals surface area contributed by atoms with E-state index >= 15 is 0 Å². The van der Waals surface area contributed by atoms with Gasteiger partial charge in [-0.15, -0.1) is 0 Å². The van der Waals surface area contributed by atoms with Gasteiger partial charge in [0, 0.05) is 0 Å². The summed E-state index contributed by atoms with van der Waals surface area (Å²) in [6, 6.07) is 0. The maximum atomic E-state index is 12.7. The molecule has 0 spiro atoms. The maximum absolute atomic E-state index is 12.7. The highest BCUT2D eigenvalue weighted by Crippen LogP contribution is 2.59. The van der Waals surface area contributed by atoms with Gasteiger partial charge in [0.1, 0.15) is 5.60 Å². The van der Waals surface area contributed by atoms with E-state index in [9.17, 15) is 4.79 Å². The molecule has 6 atom stereocenters. The van der Waals surface area contributed by atoms with Crippen molar-refractivity contribution in [1.82, 2.24) is 0 Å². The van der Waals surface area contributed by atoms with Crippen molar-refractivity contribution in [1.29, 1.82) is 0 Å². The van der Waals surface area contributed by atoms with Gasteiger partial charge in [0.25, 0.3) is 0 Å². The molecule has 0 N–H and O–H groups in total. The van der Waals surface area contributed by atoms with E-state index in [2.05, 4.69) is 27.7 Å². The molecule has 0 aromatic carbocycles. The predicted molar refractivity (Wildman–Crippen MR) is 94.0 cm³/mol. The fraction of sp³-hybridized carbons (Fsp3) is 0.952. The lowest BCUT2D eigenvalue weighted by molar-refractivity contribution is -0.170. The number of carbonyl (C=O) groups is 1. The van der Waals surface area contributed by atoms with Crippen molar-refractivity contribution in [2.75, 3.05) is 0 Å². The number of esters is 1. The Kier molecular flexibility index (Phi) is 5.09. The molecule has 3 saturated carbocycles. The van der Waals surface area contributed by atoms with Crippen LogP contribution in [-0.2, 0) is 9.53 Å². The van der Waals surface area contributed by atoms with Gasteiger partial charge in [0.05, 0.1) is 5.92 Å². The lowest BCUT2D eigenvalue weighted by atomic mass is 9.63. The molecular formula is C21H36O2. The first-order chi connectivity index (χ1) is 10.9. The number of fused-ring (bicyclic) bond motifs is 4. The van der Waals surface area contributed by atoms with Crippen molar-refractivity contribution in [3.05, 3.63) is 0 Å². The molecule has 0 aromatic heterocycles. The number of hydrogen-bond donors (Lipinski definition) is 0. The Morgan fingerprint density at radius 3 is 2.52 bits per heavy atom. The summed E-state index contributed by atoms with van der Waals surface area (Å²) >= 11 is 0. The topological polar surface area (TPSA) is 26.3 Å². The predicted octanol–water partition coefficient (Wildman–Crippen LogP) is 5.60. The van der Waals surface area contributed by atoms with Crippen LogP contribution in [0.2, 0.25) is 0 Å². The van der Waals surface area contributed by atoms with Crippen molar-refractivity contribution in [3.8, 4) is 0 Å². The molecule has 23 heavy (non-hydrogen) atoms. The highest BCUT2D eigenvalue weighted by atomic mass is 16.6. The molecule has 0 aliphatic heterocycles. The summed E-state index contributed by atoms with van der Waals surface area (Å²) in [6.07, 6.45) is 11.3. The van der Waals surface area contributed by atoms with E-state index in [-0.39, 0.29) is 17.5 Å². The first kappa shape index (κ1) is 17.3. The molecule has 3 rings (SSSR count). The zero-order chi connectivity index (χ0) is 16.6. The van der Waals surface area contributed by atoms with Gasteiger partial charge < -0.3 is 4.74 Å². The Bertz CT molecular complexity index is 430. The van der Waals surface area contributed by atoms with E-state index < -0.39 is 0 Å². The second-order valence-corrected chi connectivity index (χ2v) is 9.29. The van der Waals surface area contributed by atoms with Crippen molar-refractivity contribution in [2.45, 2.75) is 91.1 Å². The third-order valence-corrected chi connectivity index (χ3v) is 7.07. The van der Waals surface area contributed by atoms with Gasteiger partial charge in [0.2, 0.25) is 0 Å². The largest absolute Gasteiger partial charge is 0.459 e. The maximum Gasteiger partial charge on any atom is 0.309 e. The van der Waals surface area contributed by atoms with Gasteiger partial charge in [-0.25, -0.2) is 0 Å². The van der Waals surface area contributed by atoms with E-state index in [1.165, 1.54) is 32.1 Å². The normalized spacial score (nSPS) is 40.7. The van der Waals surface area contributed by atoms with Crippen LogP contribution in [-0.4, -0.2) is 11.6 Å².